The van der Waals surface area contributed by atoms with Gasteiger partial charge >= 0.3 is 5.97 Å². The molecular weight excluding hydrogens is 398 g/mol. The molecule has 0 saturated carbocycles. The van der Waals surface area contributed by atoms with Crippen LogP contribution in [0, 0.1) is 13.8 Å². The van der Waals surface area contributed by atoms with E-state index in [1.54, 1.807) is 6.08 Å². The molecule has 0 unspecified atom stereocenters. The highest BCUT2D eigenvalue weighted by molar-refractivity contribution is 5.90. The van der Waals surface area contributed by atoms with E-state index in [0.29, 0.717) is 19.4 Å². The number of amides is 1. The average Bonchev–Trinajstić information content (AvgIpc) is 2.83. The topological polar surface area (TPSA) is 66.4 Å². The Kier molecular flexibility index (Phi) is 7.47. The van der Waals surface area contributed by atoms with Crippen LogP contribution in [-0.4, -0.2) is 17.0 Å². The van der Waals surface area contributed by atoms with Gasteiger partial charge in [0.15, 0.2) is 0 Å². The number of rotatable bonds is 6. The highest BCUT2D eigenvalue weighted by Crippen LogP contribution is 2.40. The van der Waals surface area contributed by atoms with Crippen molar-refractivity contribution in [3.63, 3.8) is 0 Å². The van der Waals surface area contributed by atoms with Crippen molar-refractivity contribution in [2.75, 3.05) is 0 Å². The van der Waals surface area contributed by atoms with Crippen LogP contribution in [0.1, 0.15) is 53.1 Å². The number of fused-ring (bicyclic) bond motifs is 3. The highest BCUT2D eigenvalue weighted by Gasteiger charge is 2.25. The van der Waals surface area contributed by atoms with E-state index in [0.717, 1.165) is 56.5 Å². The zero-order valence-electron chi connectivity index (χ0n) is 19.1. The molecule has 0 radical (unpaired) electrons. The van der Waals surface area contributed by atoms with Gasteiger partial charge in [-0.3, -0.25) is 9.59 Å². The largest absolute Gasteiger partial charge is 0.481 e. The third kappa shape index (κ3) is 4.75. The molecular formula is C28H31NO3. The van der Waals surface area contributed by atoms with Crippen molar-refractivity contribution in [3.05, 3.63) is 88.5 Å². The maximum atomic E-state index is 12.4. The lowest BCUT2D eigenvalue weighted by Gasteiger charge is -2.25. The van der Waals surface area contributed by atoms with E-state index >= 15 is 0 Å². The third-order valence-electron chi connectivity index (χ3n) is 6.08. The quantitative estimate of drug-likeness (QED) is 0.579. The van der Waals surface area contributed by atoms with Crippen LogP contribution in [0.5, 0.6) is 0 Å². The van der Waals surface area contributed by atoms with Crippen molar-refractivity contribution < 1.29 is 14.7 Å². The minimum absolute atomic E-state index is 0.00619. The van der Waals surface area contributed by atoms with Gasteiger partial charge in [-0.25, -0.2) is 0 Å². The minimum atomic E-state index is -0.876. The van der Waals surface area contributed by atoms with Crippen LogP contribution in [0.2, 0.25) is 0 Å². The predicted octanol–water partition coefficient (Wildman–Crippen LogP) is 5.70. The summed E-state index contributed by atoms with van der Waals surface area (Å²) in [6.45, 7) is 10.4. The number of aryl methyl sites for hydroxylation is 1. The van der Waals surface area contributed by atoms with Crippen LogP contribution in [-0.2, 0) is 29.0 Å². The van der Waals surface area contributed by atoms with E-state index in [4.69, 9.17) is 0 Å². The highest BCUT2D eigenvalue weighted by atomic mass is 16.4. The lowest BCUT2D eigenvalue weighted by atomic mass is 9.79. The fourth-order valence-electron chi connectivity index (χ4n) is 4.58. The monoisotopic (exact) mass is 429 g/mol. The molecule has 0 aromatic heterocycles. The molecule has 4 nitrogen and oxygen atoms in total. The van der Waals surface area contributed by atoms with E-state index in [1.165, 1.54) is 0 Å². The number of hydrogen-bond acceptors (Lipinski definition) is 2. The Morgan fingerprint density at radius 1 is 1.19 bits per heavy atom. The van der Waals surface area contributed by atoms with Crippen molar-refractivity contribution >= 4 is 17.4 Å². The molecule has 32 heavy (non-hydrogen) atoms. The number of hydrogen-bond donors (Lipinski definition) is 2. The molecule has 1 heterocycles. The Bertz CT molecular complexity index is 1120. The second-order valence-corrected chi connectivity index (χ2v) is 8.13. The first-order chi connectivity index (χ1) is 15.4. The van der Waals surface area contributed by atoms with Gasteiger partial charge in [-0.1, -0.05) is 62.1 Å². The number of allylic oxidation sites excluding steroid dienone is 5. The summed E-state index contributed by atoms with van der Waals surface area (Å²) in [6, 6.07) is 8.21. The number of nitrogens with one attached hydrogen (secondary N) is 1. The molecule has 2 aromatic carbocycles. The van der Waals surface area contributed by atoms with Crippen LogP contribution in [0.25, 0.3) is 16.7 Å². The number of aliphatic carboxylic acids is 1. The van der Waals surface area contributed by atoms with Crippen molar-refractivity contribution in [2.45, 2.75) is 53.0 Å². The molecule has 3 rings (SSSR count). The Hall–Kier alpha value is -3.40. The van der Waals surface area contributed by atoms with Crippen LogP contribution in [0.15, 0.2) is 55.1 Å². The lowest BCUT2D eigenvalue weighted by molar-refractivity contribution is -0.136. The first kappa shape index (κ1) is 23.3. The molecule has 166 valence electrons. The first-order valence-electron chi connectivity index (χ1n) is 11.1. The molecule has 1 aliphatic rings. The zero-order chi connectivity index (χ0) is 23.3. The second-order valence-electron chi connectivity index (χ2n) is 8.13. The minimum Gasteiger partial charge on any atom is -0.481 e. The SMILES string of the molecule is C=C/C=C(\C=C/CC)c1c(C)c2c(c(C)c1CC(=O)O)CNC(=O)CCc1ccccc1-2. The Morgan fingerprint density at radius 2 is 1.94 bits per heavy atom. The Morgan fingerprint density at radius 3 is 2.62 bits per heavy atom. The first-order valence-corrected chi connectivity index (χ1v) is 11.1. The molecule has 2 N–H and O–H groups in total. The number of carboxylic acid groups (broad SMARTS) is 1. The van der Waals surface area contributed by atoms with Gasteiger partial charge in [-0.2, -0.15) is 0 Å². The molecule has 0 aliphatic carbocycles. The standard InChI is InChI=1S/C28H31NO3/c1-5-7-11-21(10-6-2)27-19(4)28-22-13-9-8-12-20(22)14-15-25(30)29-17-24(28)18(3)23(27)16-26(31)32/h6-13H,2,5,14-17H2,1,3-4H3,(H,29,30)(H,31,32)/b11-7-,21-10+. The molecule has 4 heteroatoms. The summed E-state index contributed by atoms with van der Waals surface area (Å²) in [5.41, 5.74) is 8.93. The Labute approximate surface area is 190 Å². The van der Waals surface area contributed by atoms with E-state index < -0.39 is 5.97 Å². The molecule has 0 bridgehead atoms. The maximum absolute atomic E-state index is 12.4. The molecule has 0 fully saturated rings. The maximum Gasteiger partial charge on any atom is 0.307 e. The van der Waals surface area contributed by atoms with Gasteiger partial charge in [0, 0.05) is 13.0 Å². The van der Waals surface area contributed by atoms with Crippen LogP contribution < -0.4 is 5.32 Å². The van der Waals surface area contributed by atoms with E-state index in [1.807, 2.05) is 31.2 Å². The molecule has 1 amide bonds. The van der Waals surface area contributed by atoms with Gasteiger partial charge in [0.2, 0.25) is 5.91 Å². The molecule has 0 spiro atoms. The lowest BCUT2D eigenvalue weighted by Crippen LogP contribution is -2.24. The van der Waals surface area contributed by atoms with Crippen molar-refractivity contribution in [3.8, 4) is 11.1 Å². The fourth-order valence-corrected chi connectivity index (χ4v) is 4.58. The van der Waals surface area contributed by atoms with E-state index in [9.17, 15) is 14.7 Å². The van der Waals surface area contributed by atoms with Crippen LogP contribution in [0.3, 0.4) is 0 Å². The molecule has 0 saturated heterocycles. The number of benzene rings is 2. The smallest absolute Gasteiger partial charge is 0.307 e. The normalized spacial score (nSPS) is 14.1. The van der Waals surface area contributed by atoms with Crippen LogP contribution >= 0.6 is 0 Å². The second kappa shape index (κ2) is 10.3. The average molecular weight is 430 g/mol. The number of carbonyl (C=O) groups excluding carboxylic acids is 1. The number of carboxylic acids is 1. The van der Waals surface area contributed by atoms with Gasteiger partial charge in [-0.05, 0) is 76.8 Å². The van der Waals surface area contributed by atoms with Gasteiger partial charge in [-0.15, -0.1) is 0 Å². The van der Waals surface area contributed by atoms with E-state index in [2.05, 4.69) is 44.0 Å². The molecule has 0 atom stereocenters. The van der Waals surface area contributed by atoms with Gasteiger partial charge in [0.1, 0.15) is 0 Å². The third-order valence-corrected chi connectivity index (χ3v) is 6.08. The summed E-state index contributed by atoms with van der Waals surface area (Å²) in [5.74, 6) is -0.870. The summed E-state index contributed by atoms with van der Waals surface area (Å²) < 4.78 is 0. The predicted molar refractivity (Wildman–Crippen MR) is 130 cm³/mol. The summed E-state index contributed by atoms with van der Waals surface area (Å²) in [7, 11) is 0. The van der Waals surface area contributed by atoms with Crippen molar-refractivity contribution in [1.82, 2.24) is 5.32 Å². The van der Waals surface area contributed by atoms with Crippen molar-refractivity contribution in [2.24, 2.45) is 0 Å². The van der Waals surface area contributed by atoms with Gasteiger partial charge < -0.3 is 10.4 Å². The zero-order valence-corrected chi connectivity index (χ0v) is 19.1. The summed E-state index contributed by atoms with van der Waals surface area (Å²) in [5, 5.41) is 12.8. The van der Waals surface area contributed by atoms with Gasteiger partial charge in [0.25, 0.3) is 0 Å². The van der Waals surface area contributed by atoms with Gasteiger partial charge in [0.05, 0.1) is 6.42 Å². The summed E-state index contributed by atoms with van der Waals surface area (Å²) in [6.07, 6.45) is 9.68. The number of carbonyl (C=O) groups is 2. The fraction of sp³-hybridized carbons (Fsp3) is 0.286. The molecule has 1 aliphatic heterocycles. The van der Waals surface area contributed by atoms with E-state index in [-0.39, 0.29) is 12.3 Å². The molecule has 2 aromatic rings. The van der Waals surface area contributed by atoms with Crippen molar-refractivity contribution in [1.29, 1.82) is 0 Å². The Balaban J connectivity index is 2.46. The summed E-state index contributed by atoms with van der Waals surface area (Å²) in [4.78, 5) is 24.3. The summed E-state index contributed by atoms with van der Waals surface area (Å²) >= 11 is 0. The van der Waals surface area contributed by atoms with Crippen LogP contribution in [0.4, 0.5) is 0 Å².